The van der Waals surface area contributed by atoms with Crippen molar-refractivity contribution in [2.45, 2.75) is 41.5 Å². The second-order valence-electron chi connectivity index (χ2n) is 7.68. The summed E-state index contributed by atoms with van der Waals surface area (Å²) in [6, 6.07) is 6.35. The lowest BCUT2D eigenvalue weighted by Crippen LogP contribution is -2.27. The highest BCUT2D eigenvalue weighted by molar-refractivity contribution is 7.20. The molecular formula is C20H24N4OS2. The standard InChI is InChI=1S/C20H24N4OS2/c1-11-7-12(2)9-14(8-11)22-18-23-15(10-26-18)16-13(3)21-19(27-16)24-17(25)20(4,5)6/h7-10H,1-6H3,(H,22,23)(H,21,24,25). The van der Waals surface area contributed by atoms with Gasteiger partial charge < -0.3 is 10.6 Å². The van der Waals surface area contributed by atoms with Gasteiger partial charge in [-0.15, -0.1) is 11.3 Å². The van der Waals surface area contributed by atoms with Crippen LogP contribution in [0.5, 0.6) is 0 Å². The van der Waals surface area contributed by atoms with E-state index in [2.05, 4.69) is 47.7 Å². The number of rotatable bonds is 4. The van der Waals surface area contributed by atoms with Gasteiger partial charge in [0.1, 0.15) is 0 Å². The number of hydrogen-bond donors (Lipinski definition) is 2. The summed E-state index contributed by atoms with van der Waals surface area (Å²) in [5.41, 5.74) is 4.75. The van der Waals surface area contributed by atoms with Gasteiger partial charge in [-0.1, -0.05) is 38.2 Å². The highest BCUT2D eigenvalue weighted by Gasteiger charge is 2.23. The Hall–Kier alpha value is -2.25. The average molecular weight is 401 g/mol. The van der Waals surface area contributed by atoms with Gasteiger partial charge >= 0.3 is 0 Å². The quantitative estimate of drug-likeness (QED) is 0.570. The van der Waals surface area contributed by atoms with Crippen molar-refractivity contribution in [1.82, 2.24) is 9.97 Å². The molecule has 0 aliphatic heterocycles. The number of amides is 1. The van der Waals surface area contributed by atoms with Crippen LogP contribution in [0.25, 0.3) is 10.6 Å². The molecule has 0 saturated carbocycles. The van der Waals surface area contributed by atoms with E-state index in [4.69, 9.17) is 4.98 Å². The molecule has 1 aromatic carbocycles. The third kappa shape index (κ3) is 4.73. The predicted octanol–water partition coefficient (Wildman–Crippen LogP) is 5.92. The molecule has 2 aromatic heterocycles. The molecular weight excluding hydrogens is 376 g/mol. The predicted molar refractivity (Wildman–Crippen MR) is 115 cm³/mol. The molecule has 2 N–H and O–H groups in total. The van der Waals surface area contributed by atoms with E-state index in [0.29, 0.717) is 5.13 Å². The summed E-state index contributed by atoms with van der Waals surface area (Å²) in [5.74, 6) is -0.0433. The molecule has 0 spiro atoms. The molecule has 7 heteroatoms. The molecule has 3 rings (SSSR count). The van der Waals surface area contributed by atoms with Crippen molar-refractivity contribution >= 4 is 44.5 Å². The van der Waals surface area contributed by atoms with Gasteiger partial charge in [0.25, 0.3) is 0 Å². The van der Waals surface area contributed by atoms with Crippen molar-refractivity contribution in [1.29, 1.82) is 0 Å². The Morgan fingerprint density at radius 2 is 1.67 bits per heavy atom. The van der Waals surface area contributed by atoms with Gasteiger partial charge in [0.2, 0.25) is 5.91 Å². The van der Waals surface area contributed by atoms with Crippen molar-refractivity contribution in [3.05, 3.63) is 40.4 Å². The zero-order valence-electron chi connectivity index (χ0n) is 16.4. The largest absolute Gasteiger partial charge is 0.332 e. The fraction of sp³-hybridized carbons (Fsp3) is 0.350. The normalized spacial score (nSPS) is 11.5. The maximum absolute atomic E-state index is 12.2. The average Bonchev–Trinajstić information content (AvgIpc) is 3.11. The highest BCUT2D eigenvalue weighted by Crippen LogP contribution is 2.35. The summed E-state index contributed by atoms with van der Waals surface area (Å²) in [5, 5.41) is 9.74. The van der Waals surface area contributed by atoms with Crippen LogP contribution in [0.4, 0.5) is 16.0 Å². The van der Waals surface area contributed by atoms with Crippen molar-refractivity contribution in [2.24, 2.45) is 5.41 Å². The van der Waals surface area contributed by atoms with Crippen LogP contribution in [0.2, 0.25) is 0 Å². The summed E-state index contributed by atoms with van der Waals surface area (Å²) in [6.45, 7) is 11.8. The van der Waals surface area contributed by atoms with E-state index in [1.165, 1.54) is 22.5 Å². The minimum Gasteiger partial charge on any atom is -0.332 e. The van der Waals surface area contributed by atoms with E-state index in [-0.39, 0.29) is 5.91 Å². The minimum atomic E-state index is -0.455. The topological polar surface area (TPSA) is 66.9 Å². The first-order chi connectivity index (χ1) is 12.6. The minimum absolute atomic E-state index is 0.0433. The van der Waals surface area contributed by atoms with Crippen molar-refractivity contribution in [3.63, 3.8) is 0 Å². The summed E-state index contributed by atoms with van der Waals surface area (Å²) in [7, 11) is 0. The fourth-order valence-corrected chi connectivity index (χ4v) is 4.30. The van der Waals surface area contributed by atoms with Gasteiger partial charge in [-0.05, 0) is 44.0 Å². The molecule has 0 atom stereocenters. The zero-order chi connectivity index (χ0) is 19.8. The zero-order valence-corrected chi connectivity index (χ0v) is 18.1. The third-order valence-electron chi connectivity index (χ3n) is 3.91. The first-order valence-electron chi connectivity index (χ1n) is 8.72. The third-order valence-corrected chi connectivity index (χ3v) is 5.76. The molecule has 0 aliphatic rings. The van der Waals surface area contributed by atoms with Crippen LogP contribution in [-0.4, -0.2) is 15.9 Å². The first-order valence-corrected chi connectivity index (χ1v) is 10.4. The number of aryl methyl sites for hydroxylation is 3. The number of nitrogens with one attached hydrogen (secondary N) is 2. The van der Waals surface area contributed by atoms with Crippen LogP contribution in [0.3, 0.4) is 0 Å². The molecule has 0 bridgehead atoms. The Morgan fingerprint density at radius 1 is 1.00 bits per heavy atom. The number of carbonyl (C=O) groups excluding carboxylic acids is 1. The summed E-state index contributed by atoms with van der Waals surface area (Å²) < 4.78 is 0. The lowest BCUT2D eigenvalue weighted by Gasteiger charge is -2.15. The number of anilines is 3. The lowest BCUT2D eigenvalue weighted by atomic mass is 9.96. The van der Waals surface area contributed by atoms with E-state index in [9.17, 15) is 4.79 Å². The van der Waals surface area contributed by atoms with Gasteiger partial charge in [-0.25, -0.2) is 9.97 Å². The van der Waals surface area contributed by atoms with Crippen molar-refractivity contribution in [3.8, 4) is 10.6 Å². The molecule has 142 valence electrons. The van der Waals surface area contributed by atoms with Crippen molar-refractivity contribution in [2.75, 3.05) is 10.6 Å². The molecule has 0 unspecified atom stereocenters. The summed E-state index contributed by atoms with van der Waals surface area (Å²) >= 11 is 3.01. The maximum Gasteiger partial charge on any atom is 0.231 e. The number of aromatic nitrogens is 2. The van der Waals surface area contributed by atoms with E-state index >= 15 is 0 Å². The Morgan fingerprint density at radius 3 is 2.30 bits per heavy atom. The van der Waals surface area contributed by atoms with Gasteiger partial charge in [0, 0.05) is 16.5 Å². The van der Waals surface area contributed by atoms with Crippen LogP contribution >= 0.6 is 22.7 Å². The van der Waals surface area contributed by atoms with Crippen molar-refractivity contribution < 1.29 is 4.79 Å². The molecule has 2 heterocycles. The number of hydrogen-bond acceptors (Lipinski definition) is 6. The number of thiazole rings is 2. The highest BCUT2D eigenvalue weighted by atomic mass is 32.1. The van der Waals surface area contributed by atoms with Gasteiger partial charge in [0.05, 0.1) is 16.3 Å². The second kappa shape index (κ2) is 7.40. The van der Waals surface area contributed by atoms with Crippen LogP contribution in [0, 0.1) is 26.2 Å². The fourth-order valence-electron chi connectivity index (χ4n) is 2.58. The smallest absolute Gasteiger partial charge is 0.231 e. The number of nitrogens with zero attached hydrogens (tertiary/aromatic N) is 2. The molecule has 5 nitrogen and oxygen atoms in total. The van der Waals surface area contributed by atoms with Crippen LogP contribution in [0.15, 0.2) is 23.6 Å². The Labute approximate surface area is 167 Å². The van der Waals surface area contributed by atoms with Crippen LogP contribution in [-0.2, 0) is 4.79 Å². The van der Waals surface area contributed by atoms with Gasteiger partial charge in [0.15, 0.2) is 10.3 Å². The number of carbonyl (C=O) groups is 1. The SMILES string of the molecule is Cc1cc(C)cc(Nc2nc(-c3sc(NC(=O)C(C)(C)C)nc3C)cs2)c1. The monoisotopic (exact) mass is 400 g/mol. The molecule has 0 aliphatic carbocycles. The van der Waals surface area contributed by atoms with Gasteiger partial charge in [-0.3, -0.25) is 4.79 Å². The van der Waals surface area contributed by atoms with Gasteiger partial charge in [-0.2, -0.15) is 0 Å². The Kier molecular flexibility index (Phi) is 5.35. The van der Waals surface area contributed by atoms with Crippen LogP contribution < -0.4 is 10.6 Å². The van der Waals surface area contributed by atoms with E-state index in [1.807, 2.05) is 33.1 Å². The van der Waals surface area contributed by atoms with E-state index in [1.54, 1.807) is 11.3 Å². The first kappa shape index (κ1) is 19.5. The number of benzene rings is 1. The summed E-state index contributed by atoms with van der Waals surface area (Å²) in [6.07, 6.45) is 0. The molecule has 27 heavy (non-hydrogen) atoms. The molecule has 3 aromatic rings. The Balaban J connectivity index is 1.79. The molecule has 1 amide bonds. The second-order valence-corrected chi connectivity index (χ2v) is 9.53. The van der Waals surface area contributed by atoms with E-state index < -0.39 is 5.41 Å². The summed E-state index contributed by atoms with van der Waals surface area (Å²) in [4.78, 5) is 22.4. The maximum atomic E-state index is 12.2. The van der Waals surface area contributed by atoms with Crippen LogP contribution in [0.1, 0.15) is 37.6 Å². The molecule has 0 radical (unpaired) electrons. The molecule has 0 fully saturated rings. The molecule has 0 saturated heterocycles. The van der Waals surface area contributed by atoms with E-state index in [0.717, 1.165) is 27.1 Å². The Bertz CT molecular complexity index is 962. The lowest BCUT2D eigenvalue weighted by molar-refractivity contribution is -0.123.